The summed E-state index contributed by atoms with van der Waals surface area (Å²) in [5.41, 5.74) is 0.929. The van der Waals surface area contributed by atoms with Crippen LogP contribution in [0.15, 0.2) is 72.8 Å². The SMILES string of the molecule is CS(=O)(=O)N(Cc1ccccc1F)c1ccc(C(=O)NCCOc2ccccc2Cl)cc1. The van der Waals surface area contributed by atoms with Crippen molar-refractivity contribution in [2.75, 3.05) is 23.7 Å². The number of para-hydroxylation sites is 1. The zero-order valence-corrected chi connectivity index (χ0v) is 18.9. The monoisotopic (exact) mass is 476 g/mol. The largest absolute Gasteiger partial charge is 0.490 e. The maximum Gasteiger partial charge on any atom is 0.251 e. The molecule has 1 amide bonds. The number of sulfonamides is 1. The number of nitrogens with zero attached hydrogens (tertiary/aromatic N) is 1. The molecule has 9 heteroatoms. The third-order valence-electron chi connectivity index (χ3n) is 4.57. The van der Waals surface area contributed by atoms with E-state index in [1.165, 1.54) is 42.5 Å². The Labute approximate surface area is 191 Å². The molecule has 0 radical (unpaired) electrons. The number of benzene rings is 3. The van der Waals surface area contributed by atoms with Crippen molar-refractivity contribution in [2.45, 2.75) is 6.54 Å². The number of hydrogen-bond donors (Lipinski definition) is 1. The van der Waals surface area contributed by atoms with E-state index in [2.05, 4.69) is 5.32 Å². The Morgan fingerprint density at radius 2 is 1.69 bits per heavy atom. The highest BCUT2D eigenvalue weighted by atomic mass is 35.5. The standard InChI is InChI=1S/C23H22ClFN2O4S/c1-32(29,30)27(16-18-6-2-4-8-21(18)25)19-12-10-17(11-13-19)23(28)26-14-15-31-22-9-5-3-7-20(22)24/h2-13H,14-16H2,1H3,(H,26,28). The lowest BCUT2D eigenvalue weighted by atomic mass is 10.1. The maximum absolute atomic E-state index is 14.0. The van der Waals surface area contributed by atoms with Crippen LogP contribution < -0.4 is 14.4 Å². The molecule has 32 heavy (non-hydrogen) atoms. The maximum atomic E-state index is 14.0. The molecule has 168 valence electrons. The Morgan fingerprint density at radius 3 is 2.34 bits per heavy atom. The summed E-state index contributed by atoms with van der Waals surface area (Å²) < 4.78 is 45.2. The van der Waals surface area contributed by atoms with E-state index in [-0.39, 0.29) is 31.2 Å². The molecule has 0 aliphatic carbocycles. The summed E-state index contributed by atoms with van der Waals surface area (Å²) in [4.78, 5) is 12.4. The highest BCUT2D eigenvalue weighted by Crippen LogP contribution is 2.23. The van der Waals surface area contributed by atoms with E-state index in [1.807, 2.05) is 0 Å². The molecular formula is C23H22ClFN2O4S. The Bertz CT molecular complexity index is 1190. The van der Waals surface area contributed by atoms with Gasteiger partial charge in [0.05, 0.1) is 30.1 Å². The zero-order chi connectivity index (χ0) is 23.1. The molecule has 0 unspecified atom stereocenters. The minimum Gasteiger partial charge on any atom is -0.490 e. The van der Waals surface area contributed by atoms with Crippen molar-refractivity contribution >= 4 is 33.2 Å². The molecule has 0 fully saturated rings. The van der Waals surface area contributed by atoms with E-state index in [9.17, 15) is 17.6 Å². The predicted octanol–water partition coefficient (Wildman–Crippen LogP) is 4.25. The zero-order valence-electron chi connectivity index (χ0n) is 17.3. The fourth-order valence-electron chi connectivity index (χ4n) is 2.95. The van der Waals surface area contributed by atoms with E-state index in [0.717, 1.165) is 10.6 Å². The lowest BCUT2D eigenvalue weighted by Gasteiger charge is -2.23. The van der Waals surface area contributed by atoms with Gasteiger partial charge in [0.25, 0.3) is 5.91 Å². The van der Waals surface area contributed by atoms with Gasteiger partial charge in [-0.25, -0.2) is 12.8 Å². The quantitative estimate of drug-likeness (QED) is 0.468. The molecule has 0 bridgehead atoms. The lowest BCUT2D eigenvalue weighted by molar-refractivity contribution is 0.0947. The number of nitrogens with one attached hydrogen (secondary N) is 1. The second kappa shape index (κ2) is 10.5. The molecule has 1 N–H and O–H groups in total. The van der Waals surface area contributed by atoms with Crippen LogP contribution >= 0.6 is 11.6 Å². The molecule has 0 atom stereocenters. The van der Waals surface area contributed by atoms with Crippen molar-refractivity contribution in [3.63, 3.8) is 0 Å². The minimum atomic E-state index is -3.67. The lowest BCUT2D eigenvalue weighted by Crippen LogP contribution is -2.30. The average Bonchev–Trinajstić information content (AvgIpc) is 2.76. The van der Waals surface area contributed by atoms with Crippen molar-refractivity contribution in [1.29, 1.82) is 0 Å². The molecule has 0 spiro atoms. The van der Waals surface area contributed by atoms with Gasteiger partial charge in [-0.1, -0.05) is 41.9 Å². The van der Waals surface area contributed by atoms with Gasteiger partial charge in [0, 0.05) is 11.1 Å². The molecular weight excluding hydrogens is 455 g/mol. The van der Waals surface area contributed by atoms with Crippen molar-refractivity contribution in [3.05, 3.63) is 94.8 Å². The van der Waals surface area contributed by atoms with Gasteiger partial charge in [-0.3, -0.25) is 9.10 Å². The van der Waals surface area contributed by atoms with Gasteiger partial charge in [-0.2, -0.15) is 0 Å². The van der Waals surface area contributed by atoms with Gasteiger partial charge in [0.15, 0.2) is 0 Å². The average molecular weight is 477 g/mol. The summed E-state index contributed by atoms with van der Waals surface area (Å²) in [6.45, 7) is 0.336. The van der Waals surface area contributed by atoms with Crippen molar-refractivity contribution in [1.82, 2.24) is 5.32 Å². The van der Waals surface area contributed by atoms with Crippen molar-refractivity contribution in [2.24, 2.45) is 0 Å². The third-order valence-corrected chi connectivity index (χ3v) is 6.02. The van der Waals surface area contributed by atoms with Crippen LogP contribution in [0.5, 0.6) is 5.75 Å². The number of hydrogen-bond acceptors (Lipinski definition) is 4. The molecule has 3 aromatic rings. The first kappa shape index (κ1) is 23.6. The molecule has 0 aliphatic heterocycles. The summed E-state index contributed by atoms with van der Waals surface area (Å²) in [6, 6.07) is 19.1. The van der Waals surface area contributed by atoms with Gasteiger partial charge in [-0.05, 0) is 42.5 Å². The first-order chi connectivity index (χ1) is 15.3. The number of carbonyl (C=O) groups excluding carboxylic acids is 1. The fourth-order valence-corrected chi connectivity index (χ4v) is 4.02. The molecule has 3 rings (SSSR count). The summed E-state index contributed by atoms with van der Waals surface area (Å²) in [5.74, 6) is -0.293. The van der Waals surface area contributed by atoms with E-state index < -0.39 is 15.8 Å². The van der Waals surface area contributed by atoms with Crippen LogP contribution in [0.2, 0.25) is 5.02 Å². The first-order valence-corrected chi connectivity index (χ1v) is 11.9. The summed E-state index contributed by atoms with van der Waals surface area (Å²) in [7, 11) is -3.67. The van der Waals surface area contributed by atoms with Crippen molar-refractivity contribution < 1.29 is 22.3 Å². The van der Waals surface area contributed by atoms with E-state index in [4.69, 9.17) is 16.3 Å². The van der Waals surface area contributed by atoms with Gasteiger partial charge in [0.1, 0.15) is 18.2 Å². The van der Waals surface area contributed by atoms with Gasteiger partial charge in [-0.15, -0.1) is 0 Å². The summed E-state index contributed by atoms with van der Waals surface area (Å²) in [5, 5.41) is 3.21. The first-order valence-electron chi connectivity index (χ1n) is 9.72. The Hall–Kier alpha value is -3.10. The van der Waals surface area contributed by atoms with Gasteiger partial charge in [0.2, 0.25) is 10.0 Å². The molecule has 0 saturated carbocycles. The Morgan fingerprint density at radius 1 is 1.03 bits per heavy atom. The van der Waals surface area contributed by atoms with Crippen molar-refractivity contribution in [3.8, 4) is 5.75 Å². The van der Waals surface area contributed by atoms with Crippen LogP contribution in [0.4, 0.5) is 10.1 Å². The topological polar surface area (TPSA) is 75.7 Å². The Kier molecular flexibility index (Phi) is 7.71. The highest BCUT2D eigenvalue weighted by molar-refractivity contribution is 7.92. The van der Waals surface area contributed by atoms with Crippen LogP contribution in [0.1, 0.15) is 15.9 Å². The van der Waals surface area contributed by atoms with E-state index >= 15 is 0 Å². The predicted molar refractivity (Wildman–Crippen MR) is 123 cm³/mol. The number of ether oxygens (including phenoxy) is 1. The number of halogens is 2. The molecule has 0 aliphatic rings. The molecule has 0 aromatic heterocycles. The number of carbonyl (C=O) groups is 1. The molecule has 0 heterocycles. The second-order valence-electron chi connectivity index (χ2n) is 6.94. The van der Waals surface area contributed by atoms with Crippen LogP contribution in [0, 0.1) is 5.82 Å². The van der Waals surface area contributed by atoms with Gasteiger partial charge >= 0.3 is 0 Å². The van der Waals surface area contributed by atoms with Gasteiger partial charge < -0.3 is 10.1 Å². The van der Waals surface area contributed by atoms with Crippen LogP contribution in [-0.2, 0) is 16.6 Å². The molecule has 3 aromatic carbocycles. The summed E-state index contributed by atoms with van der Waals surface area (Å²) in [6.07, 6.45) is 1.05. The number of amides is 1. The minimum absolute atomic E-state index is 0.156. The summed E-state index contributed by atoms with van der Waals surface area (Å²) >= 11 is 6.01. The smallest absolute Gasteiger partial charge is 0.251 e. The molecule has 0 saturated heterocycles. The molecule has 6 nitrogen and oxygen atoms in total. The fraction of sp³-hybridized carbons (Fsp3) is 0.174. The number of anilines is 1. The number of rotatable bonds is 9. The highest BCUT2D eigenvalue weighted by Gasteiger charge is 2.20. The third kappa shape index (κ3) is 6.21. The Balaban J connectivity index is 1.62. The van der Waals surface area contributed by atoms with Crippen LogP contribution in [0.3, 0.4) is 0 Å². The van der Waals surface area contributed by atoms with Crippen LogP contribution in [-0.4, -0.2) is 33.7 Å². The van der Waals surface area contributed by atoms with E-state index in [0.29, 0.717) is 22.0 Å². The second-order valence-corrected chi connectivity index (χ2v) is 9.26. The van der Waals surface area contributed by atoms with E-state index in [1.54, 1.807) is 30.3 Å². The normalized spacial score (nSPS) is 11.1. The van der Waals surface area contributed by atoms with Crippen LogP contribution in [0.25, 0.3) is 0 Å².